The summed E-state index contributed by atoms with van der Waals surface area (Å²) in [6, 6.07) is 17.1. The molecule has 1 aliphatic heterocycles. The lowest BCUT2D eigenvalue weighted by Gasteiger charge is -2.34. The van der Waals surface area contributed by atoms with Crippen LogP contribution in [0.4, 0.5) is 5.69 Å². The number of carbonyl (C=O) groups excluding carboxylic acids is 2. The Morgan fingerprint density at radius 2 is 1.87 bits per heavy atom. The predicted octanol–water partition coefficient (Wildman–Crippen LogP) is 4.10. The average molecular weight is 438 g/mol. The van der Waals surface area contributed by atoms with Gasteiger partial charge in [0.05, 0.1) is 12.3 Å². The second-order valence-corrected chi connectivity index (χ2v) is 8.00. The van der Waals surface area contributed by atoms with Gasteiger partial charge in [0.2, 0.25) is 0 Å². The molecule has 2 aromatic carbocycles. The predicted molar refractivity (Wildman–Crippen MR) is 120 cm³/mol. The number of nitrogens with zero attached hydrogens (tertiary/aromatic N) is 1. The van der Waals surface area contributed by atoms with E-state index in [1.807, 2.05) is 18.2 Å². The van der Waals surface area contributed by atoms with Gasteiger partial charge in [-0.15, -0.1) is 0 Å². The van der Waals surface area contributed by atoms with Crippen LogP contribution in [0.3, 0.4) is 0 Å². The number of amides is 2. The number of hydrogen-bond donors (Lipinski definition) is 2. The summed E-state index contributed by atoms with van der Waals surface area (Å²) in [5.41, 5.74) is 3.84. The quantitative estimate of drug-likeness (QED) is 0.589. The van der Waals surface area contributed by atoms with Crippen molar-refractivity contribution in [3.8, 4) is 0 Å². The fourth-order valence-corrected chi connectivity index (χ4v) is 4.04. The van der Waals surface area contributed by atoms with E-state index < -0.39 is 11.8 Å². The second kappa shape index (κ2) is 9.37. The normalized spacial score (nSPS) is 14.5. The van der Waals surface area contributed by atoms with Crippen LogP contribution in [0.5, 0.6) is 0 Å². The molecule has 0 unspecified atom stereocenters. The SMILES string of the molecule is Cc1c(Cl)cccc1NC(=O)C(=O)NC[C@H](c1ccco1)N1CCc2ccccc2C1. The minimum Gasteiger partial charge on any atom is -0.468 e. The Bertz CT molecular complexity index is 1080. The minimum absolute atomic E-state index is 0.173. The Kier molecular flexibility index (Phi) is 6.39. The molecule has 4 rings (SSSR count). The zero-order chi connectivity index (χ0) is 21.8. The van der Waals surface area contributed by atoms with Gasteiger partial charge in [-0.25, -0.2) is 0 Å². The van der Waals surface area contributed by atoms with Crippen LogP contribution in [-0.2, 0) is 22.6 Å². The van der Waals surface area contributed by atoms with Crippen molar-refractivity contribution in [3.05, 3.63) is 88.3 Å². The molecule has 1 atom stereocenters. The fourth-order valence-electron chi connectivity index (χ4n) is 3.87. The van der Waals surface area contributed by atoms with Gasteiger partial charge in [-0.05, 0) is 54.3 Å². The van der Waals surface area contributed by atoms with Crippen molar-refractivity contribution in [2.45, 2.75) is 25.9 Å². The summed E-state index contributed by atoms with van der Waals surface area (Å²) < 4.78 is 5.65. The zero-order valence-electron chi connectivity index (χ0n) is 17.2. The summed E-state index contributed by atoms with van der Waals surface area (Å²) in [4.78, 5) is 27.2. The van der Waals surface area contributed by atoms with E-state index in [2.05, 4.69) is 33.7 Å². The molecule has 3 aromatic rings. The van der Waals surface area contributed by atoms with Crippen LogP contribution < -0.4 is 10.6 Å². The summed E-state index contributed by atoms with van der Waals surface area (Å²) in [6.45, 7) is 3.64. The molecule has 7 heteroatoms. The van der Waals surface area contributed by atoms with Crippen LogP contribution in [0.15, 0.2) is 65.3 Å². The van der Waals surface area contributed by atoms with Crippen LogP contribution in [-0.4, -0.2) is 29.8 Å². The maximum atomic E-state index is 12.5. The molecule has 2 heterocycles. The summed E-state index contributed by atoms with van der Waals surface area (Å²) in [5, 5.41) is 5.92. The molecule has 6 nitrogen and oxygen atoms in total. The molecular formula is C24H24ClN3O3. The van der Waals surface area contributed by atoms with Crippen LogP contribution in [0, 0.1) is 6.92 Å². The number of furan rings is 1. The molecule has 1 aliphatic rings. The van der Waals surface area contributed by atoms with E-state index in [9.17, 15) is 9.59 Å². The van der Waals surface area contributed by atoms with Crippen LogP contribution in [0.1, 0.15) is 28.5 Å². The highest BCUT2D eigenvalue weighted by Gasteiger charge is 2.28. The van der Waals surface area contributed by atoms with E-state index in [4.69, 9.17) is 16.0 Å². The molecule has 0 saturated heterocycles. The number of nitrogens with one attached hydrogen (secondary N) is 2. The van der Waals surface area contributed by atoms with Crippen molar-refractivity contribution >= 4 is 29.1 Å². The first-order chi connectivity index (χ1) is 15.0. The number of hydrogen-bond acceptors (Lipinski definition) is 4. The van der Waals surface area contributed by atoms with Gasteiger partial charge in [-0.3, -0.25) is 14.5 Å². The van der Waals surface area contributed by atoms with E-state index in [1.54, 1.807) is 31.4 Å². The fraction of sp³-hybridized carbons (Fsp3) is 0.250. The van der Waals surface area contributed by atoms with Gasteiger partial charge in [0.15, 0.2) is 0 Å². The highest BCUT2D eigenvalue weighted by molar-refractivity contribution is 6.40. The topological polar surface area (TPSA) is 74.6 Å². The lowest BCUT2D eigenvalue weighted by Crippen LogP contribution is -2.43. The number of fused-ring (bicyclic) bond motifs is 1. The molecule has 160 valence electrons. The second-order valence-electron chi connectivity index (χ2n) is 7.60. The highest BCUT2D eigenvalue weighted by Crippen LogP contribution is 2.28. The lowest BCUT2D eigenvalue weighted by atomic mass is 9.98. The summed E-state index contributed by atoms with van der Waals surface area (Å²) in [7, 11) is 0. The van der Waals surface area contributed by atoms with Crippen LogP contribution >= 0.6 is 11.6 Å². The van der Waals surface area contributed by atoms with Crippen LogP contribution in [0.2, 0.25) is 5.02 Å². The van der Waals surface area contributed by atoms with Crippen molar-refractivity contribution in [2.75, 3.05) is 18.4 Å². The molecule has 0 fully saturated rings. The summed E-state index contributed by atoms with van der Waals surface area (Å²) in [5.74, 6) is -0.674. The van der Waals surface area contributed by atoms with E-state index in [0.29, 0.717) is 16.3 Å². The van der Waals surface area contributed by atoms with Gasteiger partial charge in [0, 0.05) is 30.3 Å². The number of carbonyl (C=O) groups is 2. The van der Waals surface area contributed by atoms with Crippen LogP contribution in [0.25, 0.3) is 0 Å². The maximum absolute atomic E-state index is 12.5. The monoisotopic (exact) mass is 437 g/mol. The zero-order valence-corrected chi connectivity index (χ0v) is 18.0. The number of halogens is 1. The molecule has 0 saturated carbocycles. The van der Waals surface area contributed by atoms with Gasteiger partial charge in [0.25, 0.3) is 0 Å². The summed E-state index contributed by atoms with van der Waals surface area (Å²) >= 11 is 6.09. The smallest absolute Gasteiger partial charge is 0.313 e. The van der Waals surface area contributed by atoms with Gasteiger partial charge < -0.3 is 15.1 Å². The first kappa shape index (κ1) is 21.2. The third-order valence-electron chi connectivity index (χ3n) is 5.65. The standard InChI is InChI=1S/C24H24ClN3O3/c1-16-19(25)8-4-9-20(16)27-24(30)23(29)26-14-21(22-10-5-13-31-22)28-12-11-17-6-2-3-7-18(17)15-28/h2-10,13,21H,11-12,14-15H2,1H3,(H,26,29)(H,27,30)/t21-/m1/s1. The van der Waals surface area contributed by atoms with Crippen molar-refractivity contribution in [2.24, 2.45) is 0 Å². The Balaban J connectivity index is 1.43. The molecule has 0 bridgehead atoms. The van der Waals surface area contributed by atoms with Gasteiger partial charge in [0.1, 0.15) is 5.76 Å². The van der Waals surface area contributed by atoms with Gasteiger partial charge in [-0.1, -0.05) is 41.9 Å². The Labute approximate surface area is 186 Å². The molecular weight excluding hydrogens is 414 g/mol. The number of anilines is 1. The van der Waals surface area contributed by atoms with Crippen molar-refractivity contribution < 1.29 is 14.0 Å². The Hall–Kier alpha value is -3.09. The maximum Gasteiger partial charge on any atom is 0.313 e. The van der Waals surface area contributed by atoms with Crippen molar-refractivity contribution in [1.29, 1.82) is 0 Å². The molecule has 1 aromatic heterocycles. The van der Waals surface area contributed by atoms with E-state index in [-0.39, 0.29) is 12.6 Å². The van der Waals surface area contributed by atoms with E-state index in [1.165, 1.54) is 11.1 Å². The Morgan fingerprint density at radius 3 is 2.65 bits per heavy atom. The third-order valence-corrected chi connectivity index (χ3v) is 6.06. The Morgan fingerprint density at radius 1 is 1.06 bits per heavy atom. The first-order valence-electron chi connectivity index (χ1n) is 10.2. The first-order valence-corrected chi connectivity index (χ1v) is 10.6. The van der Waals surface area contributed by atoms with Crippen molar-refractivity contribution in [1.82, 2.24) is 10.2 Å². The average Bonchev–Trinajstić information content (AvgIpc) is 3.31. The molecule has 31 heavy (non-hydrogen) atoms. The third kappa shape index (κ3) is 4.81. The van der Waals surface area contributed by atoms with E-state index >= 15 is 0 Å². The lowest BCUT2D eigenvalue weighted by molar-refractivity contribution is -0.136. The molecule has 0 spiro atoms. The molecule has 2 amide bonds. The molecule has 0 radical (unpaired) electrons. The van der Waals surface area contributed by atoms with Crippen molar-refractivity contribution in [3.63, 3.8) is 0 Å². The highest BCUT2D eigenvalue weighted by atomic mass is 35.5. The number of rotatable bonds is 5. The minimum atomic E-state index is -0.729. The number of benzene rings is 2. The summed E-state index contributed by atoms with van der Waals surface area (Å²) in [6.07, 6.45) is 2.55. The van der Waals surface area contributed by atoms with Gasteiger partial charge in [-0.2, -0.15) is 0 Å². The molecule has 2 N–H and O–H groups in total. The van der Waals surface area contributed by atoms with E-state index in [0.717, 1.165) is 25.3 Å². The largest absolute Gasteiger partial charge is 0.468 e. The van der Waals surface area contributed by atoms with Gasteiger partial charge >= 0.3 is 11.8 Å². The molecule has 0 aliphatic carbocycles.